The lowest BCUT2D eigenvalue weighted by atomic mass is 10.1. The molecule has 0 aliphatic heterocycles. The lowest BCUT2D eigenvalue weighted by Crippen LogP contribution is -2.00. The van der Waals surface area contributed by atoms with Gasteiger partial charge in [0.05, 0.1) is 0 Å². The van der Waals surface area contributed by atoms with Crippen LogP contribution in [0.1, 0.15) is 5.56 Å². The highest BCUT2D eigenvalue weighted by atomic mass is 79.9. The zero-order valence-electron chi connectivity index (χ0n) is 10.1. The van der Waals surface area contributed by atoms with Crippen LogP contribution in [0.15, 0.2) is 57.6 Å². The first kappa shape index (κ1) is 12.8. The number of hydrogen-bond acceptors (Lipinski definition) is 1. The lowest BCUT2D eigenvalue weighted by Gasteiger charge is -2.10. The summed E-state index contributed by atoms with van der Waals surface area (Å²) in [6.45, 7) is 0.796. The fourth-order valence-electron chi connectivity index (χ4n) is 2.13. The first-order valence-corrected chi connectivity index (χ1v) is 7.56. The largest absolute Gasteiger partial charge is 0.380 e. The van der Waals surface area contributed by atoms with Gasteiger partial charge in [-0.15, -0.1) is 0 Å². The Kier molecular flexibility index (Phi) is 3.62. The lowest BCUT2D eigenvalue weighted by molar-refractivity contribution is 1.16. The zero-order chi connectivity index (χ0) is 13.2. The van der Waals surface area contributed by atoms with Gasteiger partial charge in [-0.2, -0.15) is 0 Å². The predicted octanol–water partition coefficient (Wildman–Crippen LogP) is 5.31. The third kappa shape index (κ3) is 2.69. The second-order valence-corrected chi connectivity index (χ2v) is 6.10. The average molecular weight is 380 g/mol. The Labute approximate surface area is 128 Å². The summed E-state index contributed by atoms with van der Waals surface area (Å²) in [7, 11) is 0. The molecule has 19 heavy (non-hydrogen) atoms. The summed E-state index contributed by atoms with van der Waals surface area (Å²) in [5.74, 6) is 0. The molecular formula is C15H12Br2N2. The van der Waals surface area contributed by atoms with Gasteiger partial charge in [-0.1, -0.05) is 28.1 Å². The Hall–Kier alpha value is -1.26. The number of H-pyrrole nitrogens is 1. The van der Waals surface area contributed by atoms with Crippen molar-refractivity contribution in [3.63, 3.8) is 0 Å². The monoisotopic (exact) mass is 378 g/mol. The van der Waals surface area contributed by atoms with E-state index in [0.29, 0.717) is 0 Å². The number of aromatic amines is 1. The van der Waals surface area contributed by atoms with Crippen molar-refractivity contribution in [3.8, 4) is 0 Å². The van der Waals surface area contributed by atoms with Crippen LogP contribution in [0.2, 0.25) is 0 Å². The highest BCUT2D eigenvalue weighted by molar-refractivity contribution is 9.11. The van der Waals surface area contributed by atoms with Crippen molar-refractivity contribution in [1.29, 1.82) is 0 Å². The summed E-state index contributed by atoms with van der Waals surface area (Å²) in [6.07, 6.45) is 1.98. The normalized spacial score (nSPS) is 10.8. The molecule has 0 atom stereocenters. The molecule has 0 bridgehead atoms. The van der Waals surface area contributed by atoms with Gasteiger partial charge in [0, 0.05) is 38.3 Å². The second kappa shape index (κ2) is 5.39. The smallest absolute Gasteiger partial charge is 0.0498 e. The van der Waals surface area contributed by atoms with Crippen LogP contribution >= 0.6 is 31.9 Å². The highest BCUT2D eigenvalue weighted by Gasteiger charge is 2.04. The number of rotatable bonds is 3. The van der Waals surface area contributed by atoms with Gasteiger partial charge in [-0.25, -0.2) is 0 Å². The van der Waals surface area contributed by atoms with Crippen molar-refractivity contribution in [3.05, 3.63) is 63.2 Å². The van der Waals surface area contributed by atoms with Crippen LogP contribution in [0.3, 0.4) is 0 Å². The molecule has 0 amide bonds. The van der Waals surface area contributed by atoms with Crippen molar-refractivity contribution < 1.29 is 0 Å². The highest BCUT2D eigenvalue weighted by Crippen LogP contribution is 2.27. The summed E-state index contributed by atoms with van der Waals surface area (Å²) in [5, 5.41) is 4.73. The molecule has 3 aromatic rings. The van der Waals surface area contributed by atoms with Crippen LogP contribution < -0.4 is 5.32 Å². The number of anilines is 1. The molecule has 0 spiro atoms. The van der Waals surface area contributed by atoms with E-state index >= 15 is 0 Å². The third-order valence-electron chi connectivity index (χ3n) is 3.08. The van der Waals surface area contributed by atoms with E-state index in [1.54, 1.807) is 0 Å². The van der Waals surface area contributed by atoms with Gasteiger partial charge in [-0.05, 0) is 51.8 Å². The molecule has 0 saturated carbocycles. The van der Waals surface area contributed by atoms with E-state index < -0.39 is 0 Å². The van der Waals surface area contributed by atoms with Gasteiger partial charge in [0.15, 0.2) is 0 Å². The molecule has 3 rings (SSSR count). The second-order valence-electron chi connectivity index (χ2n) is 4.33. The first-order chi connectivity index (χ1) is 9.24. The molecule has 2 aromatic carbocycles. The molecular weight excluding hydrogens is 368 g/mol. The predicted molar refractivity (Wildman–Crippen MR) is 87.5 cm³/mol. The Balaban J connectivity index is 1.86. The summed E-state index contributed by atoms with van der Waals surface area (Å²) in [5.41, 5.74) is 3.54. The van der Waals surface area contributed by atoms with Crippen LogP contribution in [-0.4, -0.2) is 4.98 Å². The third-order valence-corrected chi connectivity index (χ3v) is 4.27. The first-order valence-electron chi connectivity index (χ1n) is 5.98. The molecule has 4 heteroatoms. The zero-order valence-corrected chi connectivity index (χ0v) is 13.3. The average Bonchev–Trinajstić information content (AvgIpc) is 2.88. The quantitative estimate of drug-likeness (QED) is 0.634. The van der Waals surface area contributed by atoms with Gasteiger partial charge in [0.25, 0.3) is 0 Å². The van der Waals surface area contributed by atoms with Crippen LogP contribution in [0.25, 0.3) is 10.9 Å². The maximum Gasteiger partial charge on any atom is 0.0498 e. The number of benzene rings is 2. The topological polar surface area (TPSA) is 27.8 Å². The van der Waals surface area contributed by atoms with Gasteiger partial charge in [0.1, 0.15) is 0 Å². The molecule has 1 aromatic heterocycles. The minimum atomic E-state index is 0.796. The maximum atomic E-state index is 3.56. The molecule has 0 saturated heterocycles. The number of nitrogens with one attached hydrogen (secondary N) is 2. The fraction of sp³-hybridized carbons (Fsp3) is 0.0667. The standard InChI is InChI=1S/C15H12Br2N2/c16-11-4-5-13(17)15(8-11)19-9-10-2-1-3-14-12(10)6-7-18-14/h1-8,18-19H,9H2. The molecule has 0 fully saturated rings. The van der Waals surface area contributed by atoms with E-state index in [1.807, 2.05) is 18.3 Å². The van der Waals surface area contributed by atoms with Crippen molar-refractivity contribution in [2.75, 3.05) is 5.32 Å². The van der Waals surface area contributed by atoms with E-state index in [1.165, 1.54) is 16.5 Å². The van der Waals surface area contributed by atoms with E-state index in [4.69, 9.17) is 0 Å². The van der Waals surface area contributed by atoms with Crippen LogP contribution in [0.4, 0.5) is 5.69 Å². The minimum absolute atomic E-state index is 0.796. The Bertz CT molecular complexity index is 719. The molecule has 2 N–H and O–H groups in total. The summed E-state index contributed by atoms with van der Waals surface area (Å²) in [4.78, 5) is 3.23. The Morgan fingerprint density at radius 2 is 1.95 bits per heavy atom. The van der Waals surface area contributed by atoms with Crippen molar-refractivity contribution >= 4 is 48.5 Å². The Morgan fingerprint density at radius 1 is 1.05 bits per heavy atom. The van der Waals surface area contributed by atoms with Gasteiger partial charge < -0.3 is 10.3 Å². The van der Waals surface area contributed by atoms with E-state index in [-0.39, 0.29) is 0 Å². The number of halogens is 2. The van der Waals surface area contributed by atoms with Gasteiger partial charge in [0.2, 0.25) is 0 Å². The molecule has 0 aliphatic carbocycles. The summed E-state index contributed by atoms with van der Waals surface area (Å²) < 4.78 is 2.13. The molecule has 0 radical (unpaired) electrons. The van der Waals surface area contributed by atoms with Crippen molar-refractivity contribution in [2.24, 2.45) is 0 Å². The van der Waals surface area contributed by atoms with Crippen LogP contribution in [0.5, 0.6) is 0 Å². The van der Waals surface area contributed by atoms with E-state index in [9.17, 15) is 0 Å². The fourth-order valence-corrected chi connectivity index (χ4v) is 2.88. The molecule has 2 nitrogen and oxygen atoms in total. The van der Waals surface area contributed by atoms with Gasteiger partial charge >= 0.3 is 0 Å². The van der Waals surface area contributed by atoms with E-state index in [2.05, 4.69) is 72.5 Å². The molecule has 96 valence electrons. The van der Waals surface area contributed by atoms with Gasteiger partial charge in [-0.3, -0.25) is 0 Å². The SMILES string of the molecule is Brc1ccc(Br)c(NCc2cccc3[nH]ccc23)c1. The van der Waals surface area contributed by atoms with Crippen molar-refractivity contribution in [1.82, 2.24) is 4.98 Å². The molecule has 0 unspecified atom stereocenters. The Morgan fingerprint density at radius 3 is 2.84 bits per heavy atom. The van der Waals surface area contributed by atoms with Crippen LogP contribution in [-0.2, 0) is 6.54 Å². The number of aromatic nitrogens is 1. The van der Waals surface area contributed by atoms with E-state index in [0.717, 1.165) is 21.2 Å². The number of hydrogen-bond donors (Lipinski definition) is 2. The van der Waals surface area contributed by atoms with Crippen LogP contribution in [0, 0.1) is 0 Å². The maximum absolute atomic E-state index is 3.56. The minimum Gasteiger partial charge on any atom is -0.380 e. The number of fused-ring (bicyclic) bond motifs is 1. The van der Waals surface area contributed by atoms with Crippen molar-refractivity contribution in [2.45, 2.75) is 6.54 Å². The summed E-state index contributed by atoms with van der Waals surface area (Å²) in [6, 6.07) is 14.5. The molecule has 1 heterocycles. The molecule has 0 aliphatic rings. The summed E-state index contributed by atoms with van der Waals surface area (Å²) >= 11 is 7.05.